The summed E-state index contributed by atoms with van der Waals surface area (Å²) in [7, 11) is 0. The molecule has 1 aromatic rings. The summed E-state index contributed by atoms with van der Waals surface area (Å²) in [5.74, 6) is 1.91. The lowest BCUT2D eigenvalue weighted by Gasteiger charge is -2.55. The van der Waals surface area contributed by atoms with Crippen molar-refractivity contribution in [2.75, 3.05) is 5.32 Å². The number of benzene rings is 1. The Kier molecular flexibility index (Phi) is 4.42. The van der Waals surface area contributed by atoms with E-state index in [0.29, 0.717) is 17.9 Å². The van der Waals surface area contributed by atoms with Crippen molar-refractivity contribution in [3.8, 4) is 0 Å². The number of nitro groups is 1. The van der Waals surface area contributed by atoms with Crippen LogP contribution in [-0.2, 0) is 4.79 Å². The molecule has 0 aromatic heterocycles. The molecular formula is C19H24FN3O3. The zero-order valence-electron chi connectivity index (χ0n) is 14.8. The molecule has 1 aromatic carbocycles. The fraction of sp³-hybridized carbons (Fsp3) is 0.632. The Morgan fingerprint density at radius 1 is 1.19 bits per heavy atom. The molecular weight excluding hydrogens is 337 g/mol. The van der Waals surface area contributed by atoms with Gasteiger partial charge in [0.2, 0.25) is 11.7 Å². The summed E-state index contributed by atoms with van der Waals surface area (Å²) in [6, 6.07) is 3.38. The molecule has 4 bridgehead atoms. The van der Waals surface area contributed by atoms with Gasteiger partial charge in [-0.15, -0.1) is 0 Å². The van der Waals surface area contributed by atoms with E-state index in [-0.39, 0.29) is 11.6 Å². The second-order valence-corrected chi connectivity index (χ2v) is 8.26. The largest absolute Gasteiger partial charge is 0.324 e. The van der Waals surface area contributed by atoms with Gasteiger partial charge in [0.05, 0.1) is 11.0 Å². The molecule has 0 saturated heterocycles. The molecule has 4 aliphatic rings. The molecule has 5 rings (SSSR count). The van der Waals surface area contributed by atoms with Gasteiger partial charge in [0.25, 0.3) is 0 Å². The normalized spacial score (nSPS) is 33.1. The number of carbonyl (C=O) groups is 1. The summed E-state index contributed by atoms with van der Waals surface area (Å²) in [6.45, 7) is 1.82. The second kappa shape index (κ2) is 6.61. The summed E-state index contributed by atoms with van der Waals surface area (Å²) in [4.78, 5) is 22.6. The van der Waals surface area contributed by atoms with Crippen molar-refractivity contribution in [2.45, 2.75) is 51.1 Å². The Hall–Kier alpha value is -2.02. The Balaban J connectivity index is 1.39. The van der Waals surface area contributed by atoms with Gasteiger partial charge in [-0.1, -0.05) is 0 Å². The van der Waals surface area contributed by atoms with E-state index in [9.17, 15) is 19.3 Å². The number of halogens is 1. The predicted molar refractivity (Wildman–Crippen MR) is 95.1 cm³/mol. The number of nitro benzene ring substituents is 1. The van der Waals surface area contributed by atoms with Gasteiger partial charge < -0.3 is 10.6 Å². The van der Waals surface area contributed by atoms with Gasteiger partial charge in [0.15, 0.2) is 0 Å². The Bertz CT molecular complexity index is 711. The number of rotatable bonds is 5. The van der Waals surface area contributed by atoms with Gasteiger partial charge in [-0.25, -0.2) is 0 Å². The van der Waals surface area contributed by atoms with E-state index in [0.717, 1.165) is 24.0 Å². The molecule has 2 N–H and O–H groups in total. The third kappa shape index (κ3) is 3.20. The lowest BCUT2D eigenvalue weighted by molar-refractivity contribution is -0.387. The van der Waals surface area contributed by atoms with E-state index in [1.165, 1.54) is 38.2 Å². The molecule has 4 saturated carbocycles. The number of carbonyl (C=O) groups excluding carboxylic acids is 1. The summed E-state index contributed by atoms with van der Waals surface area (Å²) >= 11 is 0. The lowest BCUT2D eigenvalue weighted by Crippen LogP contribution is -2.58. The van der Waals surface area contributed by atoms with Crippen molar-refractivity contribution in [1.82, 2.24) is 5.32 Å². The highest BCUT2D eigenvalue weighted by Crippen LogP contribution is 2.53. The topological polar surface area (TPSA) is 84.3 Å². The van der Waals surface area contributed by atoms with E-state index in [4.69, 9.17) is 0 Å². The van der Waals surface area contributed by atoms with Gasteiger partial charge in [-0.2, -0.15) is 4.39 Å². The minimum absolute atomic E-state index is 0.238. The molecule has 4 fully saturated rings. The highest BCUT2D eigenvalue weighted by Gasteiger charge is 2.48. The summed E-state index contributed by atoms with van der Waals surface area (Å²) in [5, 5.41) is 17.0. The first kappa shape index (κ1) is 17.4. The van der Waals surface area contributed by atoms with Crippen LogP contribution < -0.4 is 10.6 Å². The molecule has 1 amide bonds. The fourth-order valence-electron chi connectivity index (χ4n) is 5.54. The third-order valence-electron chi connectivity index (χ3n) is 6.47. The van der Waals surface area contributed by atoms with Crippen LogP contribution in [0.25, 0.3) is 0 Å². The SMILES string of the molecule is C[C@H](NC1C2CC3CC(C2)CC1C3)C(=O)Nc1ccc(F)c([N+](=O)[O-])c1. The van der Waals surface area contributed by atoms with Crippen molar-refractivity contribution >= 4 is 17.3 Å². The number of nitrogens with zero attached hydrogens (tertiary/aromatic N) is 1. The minimum Gasteiger partial charge on any atom is -0.324 e. The van der Waals surface area contributed by atoms with Crippen molar-refractivity contribution in [1.29, 1.82) is 0 Å². The molecule has 0 spiro atoms. The van der Waals surface area contributed by atoms with Gasteiger partial charge in [0.1, 0.15) is 0 Å². The lowest BCUT2D eigenvalue weighted by atomic mass is 9.54. The zero-order chi connectivity index (χ0) is 18.4. The smallest absolute Gasteiger partial charge is 0.306 e. The first-order valence-corrected chi connectivity index (χ1v) is 9.41. The third-order valence-corrected chi connectivity index (χ3v) is 6.47. The van der Waals surface area contributed by atoms with Crippen molar-refractivity contribution < 1.29 is 14.1 Å². The summed E-state index contributed by atoms with van der Waals surface area (Å²) in [5.41, 5.74) is -0.397. The molecule has 0 aliphatic heterocycles. The molecule has 140 valence electrons. The maximum atomic E-state index is 13.4. The van der Waals surface area contributed by atoms with Crippen LogP contribution in [-0.4, -0.2) is 22.9 Å². The van der Waals surface area contributed by atoms with Crippen LogP contribution in [0.5, 0.6) is 0 Å². The maximum absolute atomic E-state index is 13.4. The van der Waals surface area contributed by atoms with E-state index >= 15 is 0 Å². The Labute approximate surface area is 151 Å². The average molecular weight is 361 g/mol. The van der Waals surface area contributed by atoms with Gasteiger partial charge in [0, 0.05) is 17.8 Å². The molecule has 26 heavy (non-hydrogen) atoms. The molecule has 4 aliphatic carbocycles. The molecule has 7 heteroatoms. The molecule has 0 unspecified atom stereocenters. The first-order valence-electron chi connectivity index (χ1n) is 9.41. The van der Waals surface area contributed by atoms with E-state index in [2.05, 4.69) is 10.6 Å². The minimum atomic E-state index is -0.909. The van der Waals surface area contributed by atoms with Gasteiger partial charge in [-0.05, 0) is 74.8 Å². The Morgan fingerprint density at radius 2 is 1.81 bits per heavy atom. The summed E-state index contributed by atoms with van der Waals surface area (Å²) < 4.78 is 13.4. The number of anilines is 1. The van der Waals surface area contributed by atoms with E-state index in [1.807, 2.05) is 6.92 Å². The van der Waals surface area contributed by atoms with Crippen molar-refractivity contribution in [3.63, 3.8) is 0 Å². The standard InChI is InChI=1S/C19H24FN3O3/c1-10(19(24)22-15-2-3-16(20)17(9-15)23(25)26)21-18-13-5-11-4-12(7-13)8-14(18)6-11/h2-3,9-14,18,21H,4-8H2,1H3,(H,22,24)/t10-,11?,12?,13?,14?,18?/m0/s1. The zero-order valence-corrected chi connectivity index (χ0v) is 14.8. The Morgan fingerprint density at radius 3 is 2.38 bits per heavy atom. The fourth-order valence-corrected chi connectivity index (χ4v) is 5.54. The van der Waals surface area contributed by atoms with E-state index < -0.39 is 22.5 Å². The van der Waals surface area contributed by atoms with Crippen LogP contribution in [0, 0.1) is 39.6 Å². The van der Waals surface area contributed by atoms with Crippen LogP contribution in [0.1, 0.15) is 39.0 Å². The highest BCUT2D eigenvalue weighted by molar-refractivity contribution is 5.94. The van der Waals surface area contributed by atoms with Gasteiger partial charge in [-0.3, -0.25) is 14.9 Å². The highest BCUT2D eigenvalue weighted by atomic mass is 19.1. The molecule has 0 heterocycles. The van der Waals surface area contributed by atoms with Crippen LogP contribution in [0.4, 0.5) is 15.8 Å². The first-order chi connectivity index (χ1) is 12.4. The second-order valence-electron chi connectivity index (χ2n) is 8.26. The van der Waals surface area contributed by atoms with Crippen molar-refractivity contribution in [3.05, 3.63) is 34.1 Å². The molecule has 1 atom stereocenters. The van der Waals surface area contributed by atoms with Crippen LogP contribution in [0.15, 0.2) is 18.2 Å². The summed E-state index contributed by atoms with van der Waals surface area (Å²) in [6.07, 6.45) is 6.46. The number of hydrogen-bond donors (Lipinski definition) is 2. The van der Waals surface area contributed by atoms with Crippen LogP contribution >= 0.6 is 0 Å². The van der Waals surface area contributed by atoms with Crippen LogP contribution in [0.2, 0.25) is 0 Å². The monoisotopic (exact) mass is 361 g/mol. The molecule has 0 radical (unpaired) electrons. The van der Waals surface area contributed by atoms with E-state index in [1.54, 1.807) is 0 Å². The number of nitrogens with one attached hydrogen (secondary N) is 2. The van der Waals surface area contributed by atoms with Gasteiger partial charge >= 0.3 is 5.69 Å². The average Bonchev–Trinajstić information content (AvgIpc) is 2.58. The molecule has 6 nitrogen and oxygen atoms in total. The maximum Gasteiger partial charge on any atom is 0.306 e. The number of hydrogen-bond acceptors (Lipinski definition) is 4. The number of amides is 1. The van der Waals surface area contributed by atoms with Crippen LogP contribution in [0.3, 0.4) is 0 Å². The quantitative estimate of drug-likeness (QED) is 0.621. The van der Waals surface area contributed by atoms with Crippen molar-refractivity contribution in [2.24, 2.45) is 23.7 Å². The predicted octanol–water partition coefficient (Wildman–Crippen LogP) is 3.48.